The highest BCUT2D eigenvalue weighted by Gasteiger charge is 2.38. The minimum Gasteiger partial charge on any atom is -0.489 e. The highest BCUT2D eigenvalue weighted by Crippen LogP contribution is 2.45. The number of halogens is 1. The quantitative estimate of drug-likeness (QED) is 0.781. The molecule has 7 nitrogen and oxygen atoms in total. The third-order valence-electron chi connectivity index (χ3n) is 6.57. The Morgan fingerprint density at radius 2 is 2.13 bits per heavy atom. The van der Waals surface area contributed by atoms with Gasteiger partial charge in [0.2, 0.25) is 5.43 Å². The zero-order valence-electron chi connectivity index (χ0n) is 17.0. The van der Waals surface area contributed by atoms with E-state index in [9.17, 15) is 14.7 Å². The van der Waals surface area contributed by atoms with Crippen molar-refractivity contribution in [3.63, 3.8) is 0 Å². The van der Waals surface area contributed by atoms with Crippen molar-refractivity contribution in [3.05, 3.63) is 33.9 Å². The number of anilines is 1. The lowest BCUT2D eigenvalue weighted by Crippen LogP contribution is -2.40. The van der Waals surface area contributed by atoms with Crippen LogP contribution in [0.2, 0.25) is 0 Å². The van der Waals surface area contributed by atoms with Crippen molar-refractivity contribution in [1.29, 1.82) is 0 Å². The van der Waals surface area contributed by atoms with Crippen LogP contribution in [0.25, 0.3) is 10.9 Å². The fraction of sp³-hybridized carbons (Fsp3) is 0.545. The lowest BCUT2D eigenvalue weighted by molar-refractivity contribution is 0.0694. The molecule has 3 aliphatic rings. The van der Waals surface area contributed by atoms with E-state index in [4.69, 9.17) is 4.74 Å². The molecule has 0 radical (unpaired) electrons. The number of fused-ring (bicyclic) bond motifs is 2. The number of hydrogen-bond acceptors (Lipinski definition) is 5. The van der Waals surface area contributed by atoms with Gasteiger partial charge in [-0.1, -0.05) is 0 Å². The number of nitrogens with one attached hydrogen (secondary N) is 1. The van der Waals surface area contributed by atoms with E-state index in [-0.39, 0.29) is 17.0 Å². The number of piperidine rings is 1. The molecule has 0 amide bonds. The number of pyridine rings is 1. The van der Waals surface area contributed by atoms with Gasteiger partial charge in [-0.15, -0.1) is 0 Å². The minimum atomic E-state index is -1.30. The van der Waals surface area contributed by atoms with Crippen LogP contribution >= 0.6 is 0 Å². The molecule has 0 bridgehead atoms. The van der Waals surface area contributed by atoms with E-state index in [1.807, 2.05) is 16.4 Å². The van der Waals surface area contributed by atoms with Crippen LogP contribution in [0, 0.1) is 11.7 Å². The summed E-state index contributed by atoms with van der Waals surface area (Å²) in [5, 5.41) is 13.1. The first kappa shape index (κ1) is 19.4. The summed E-state index contributed by atoms with van der Waals surface area (Å²) in [6, 6.07) is 1.63. The van der Waals surface area contributed by atoms with Crippen LogP contribution in [0.4, 0.5) is 10.1 Å². The van der Waals surface area contributed by atoms with E-state index in [1.54, 1.807) is 0 Å². The predicted octanol–water partition coefficient (Wildman–Crippen LogP) is 2.76. The fourth-order valence-electron chi connectivity index (χ4n) is 5.04. The Balaban J connectivity index is 1.74. The molecule has 3 heterocycles. The molecule has 1 aromatic heterocycles. The van der Waals surface area contributed by atoms with E-state index in [0.717, 1.165) is 38.8 Å². The molecule has 2 N–H and O–H groups in total. The first-order valence-corrected chi connectivity index (χ1v) is 10.7. The monoisotopic (exact) mass is 415 g/mol. The van der Waals surface area contributed by atoms with Gasteiger partial charge < -0.3 is 24.6 Å². The smallest absolute Gasteiger partial charge is 0.341 e. The normalized spacial score (nSPS) is 23.6. The van der Waals surface area contributed by atoms with Gasteiger partial charge in [-0.25, -0.2) is 9.18 Å². The van der Waals surface area contributed by atoms with E-state index in [2.05, 4.69) is 5.32 Å². The number of hydrogen-bond donors (Lipinski definition) is 2. The molecule has 5 rings (SSSR count). The van der Waals surface area contributed by atoms with Gasteiger partial charge in [0.25, 0.3) is 0 Å². The maximum atomic E-state index is 15.5. The molecule has 2 saturated heterocycles. The van der Waals surface area contributed by atoms with Crippen LogP contribution in [-0.2, 0) is 0 Å². The first-order valence-electron chi connectivity index (χ1n) is 10.7. The number of carboxylic acid groups (broad SMARTS) is 1. The lowest BCUT2D eigenvalue weighted by Gasteiger charge is -2.25. The summed E-state index contributed by atoms with van der Waals surface area (Å²) in [4.78, 5) is 26.5. The summed E-state index contributed by atoms with van der Waals surface area (Å²) in [5.74, 6) is -1.02. The van der Waals surface area contributed by atoms with Gasteiger partial charge in [0, 0.05) is 31.4 Å². The Labute approximate surface area is 173 Å². The number of aromatic nitrogens is 1. The van der Waals surface area contributed by atoms with Gasteiger partial charge in [0.1, 0.15) is 11.3 Å². The average molecular weight is 415 g/mol. The van der Waals surface area contributed by atoms with Crippen molar-refractivity contribution in [2.24, 2.45) is 5.92 Å². The number of carboxylic acids is 1. The molecule has 0 spiro atoms. The van der Waals surface area contributed by atoms with E-state index >= 15 is 4.39 Å². The molecule has 1 saturated carbocycles. The molecular weight excluding hydrogens is 389 g/mol. The number of benzene rings is 1. The van der Waals surface area contributed by atoms with Crippen LogP contribution in [0.15, 0.2) is 17.1 Å². The zero-order chi connectivity index (χ0) is 21.0. The molecule has 0 unspecified atom stereocenters. The average Bonchev–Trinajstić information content (AvgIpc) is 3.47. The van der Waals surface area contributed by atoms with Crippen LogP contribution in [0.3, 0.4) is 0 Å². The van der Waals surface area contributed by atoms with Crippen molar-refractivity contribution < 1.29 is 19.0 Å². The number of aromatic carboxylic acids is 1. The van der Waals surface area contributed by atoms with Gasteiger partial charge >= 0.3 is 5.97 Å². The molecule has 8 heteroatoms. The maximum Gasteiger partial charge on any atom is 0.341 e. The van der Waals surface area contributed by atoms with Gasteiger partial charge in [0.05, 0.1) is 17.5 Å². The van der Waals surface area contributed by atoms with E-state index in [1.165, 1.54) is 12.3 Å². The highest BCUT2D eigenvalue weighted by molar-refractivity contribution is 5.97. The van der Waals surface area contributed by atoms with E-state index in [0.29, 0.717) is 42.1 Å². The zero-order valence-corrected chi connectivity index (χ0v) is 17.0. The molecule has 2 aliphatic heterocycles. The first-order chi connectivity index (χ1) is 14.5. The SMILES string of the molecule is CCOc1c(N2C[C@@H]3CCCN[C@@H]3C2)c(F)cc2c(=O)c(C(=O)O)cn(C3CC3)c12. The minimum absolute atomic E-state index is 0.0706. The summed E-state index contributed by atoms with van der Waals surface area (Å²) in [6.45, 7) is 4.56. The lowest BCUT2D eigenvalue weighted by atomic mass is 9.94. The summed E-state index contributed by atoms with van der Waals surface area (Å²) < 4.78 is 23.2. The van der Waals surface area contributed by atoms with Crippen molar-refractivity contribution in [2.75, 3.05) is 31.1 Å². The van der Waals surface area contributed by atoms with Crippen LogP contribution in [0.1, 0.15) is 49.0 Å². The summed E-state index contributed by atoms with van der Waals surface area (Å²) in [7, 11) is 0. The van der Waals surface area contributed by atoms with Crippen molar-refractivity contribution in [2.45, 2.75) is 44.7 Å². The highest BCUT2D eigenvalue weighted by atomic mass is 19.1. The Morgan fingerprint density at radius 1 is 1.33 bits per heavy atom. The predicted molar refractivity (Wildman–Crippen MR) is 111 cm³/mol. The van der Waals surface area contributed by atoms with Gasteiger partial charge in [0.15, 0.2) is 11.6 Å². The number of nitrogens with zero attached hydrogens (tertiary/aromatic N) is 2. The van der Waals surface area contributed by atoms with Crippen molar-refractivity contribution >= 4 is 22.6 Å². The van der Waals surface area contributed by atoms with Crippen LogP contribution in [0.5, 0.6) is 5.75 Å². The third-order valence-corrected chi connectivity index (χ3v) is 6.57. The van der Waals surface area contributed by atoms with Gasteiger partial charge in [-0.3, -0.25) is 4.79 Å². The Bertz CT molecular complexity index is 1060. The Kier molecular flexibility index (Phi) is 4.69. The number of carbonyl (C=O) groups is 1. The molecule has 2 aromatic rings. The molecule has 2 atom stereocenters. The molecule has 3 fully saturated rings. The third kappa shape index (κ3) is 3.05. The standard InChI is InChI=1S/C22H26FN3O4/c1-2-30-21-18-14(20(27)15(22(28)29)10-26(18)13-5-6-13)8-16(23)19(21)25-9-12-4-3-7-24-17(12)11-25/h8,10,12-13,17,24H,2-7,9,11H2,1H3,(H,28,29)/t12-,17+/m0/s1. The summed E-state index contributed by atoms with van der Waals surface area (Å²) in [5.41, 5.74) is -0.107. The van der Waals surface area contributed by atoms with Crippen molar-refractivity contribution in [3.8, 4) is 5.75 Å². The molecule has 1 aromatic carbocycles. The fourth-order valence-corrected chi connectivity index (χ4v) is 5.04. The second kappa shape index (κ2) is 7.27. The van der Waals surface area contributed by atoms with E-state index < -0.39 is 17.2 Å². The Morgan fingerprint density at radius 3 is 2.80 bits per heavy atom. The molecule has 160 valence electrons. The second-order valence-electron chi connectivity index (χ2n) is 8.55. The number of ether oxygens (including phenoxy) is 1. The Hall–Kier alpha value is -2.61. The van der Waals surface area contributed by atoms with Crippen LogP contribution < -0.4 is 20.4 Å². The van der Waals surface area contributed by atoms with Crippen LogP contribution in [-0.4, -0.2) is 47.9 Å². The molecular formula is C22H26FN3O4. The molecule has 30 heavy (non-hydrogen) atoms. The molecule has 1 aliphatic carbocycles. The largest absolute Gasteiger partial charge is 0.489 e. The summed E-state index contributed by atoms with van der Waals surface area (Å²) >= 11 is 0. The maximum absolute atomic E-state index is 15.5. The van der Waals surface area contributed by atoms with Gasteiger partial charge in [-0.05, 0) is 51.1 Å². The second-order valence-corrected chi connectivity index (χ2v) is 8.55. The van der Waals surface area contributed by atoms with Gasteiger partial charge in [-0.2, -0.15) is 0 Å². The number of rotatable bonds is 5. The topological polar surface area (TPSA) is 83.8 Å². The summed E-state index contributed by atoms with van der Waals surface area (Å²) in [6.07, 6.45) is 5.43. The van der Waals surface area contributed by atoms with Crippen molar-refractivity contribution in [1.82, 2.24) is 9.88 Å².